The number of hydrogen-bond donors (Lipinski definition) is 1. The molecule has 9 heavy (non-hydrogen) atoms. The monoisotopic (exact) mass is 127 g/mol. The number of aliphatic carboxylic acids is 1. The van der Waals surface area contributed by atoms with E-state index < -0.39 is 5.97 Å². The molecule has 0 aromatic carbocycles. The summed E-state index contributed by atoms with van der Waals surface area (Å²) in [6.45, 7) is 0. The van der Waals surface area contributed by atoms with E-state index in [-0.39, 0.29) is 6.42 Å². The van der Waals surface area contributed by atoms with Crippen LogP contribution in [0.4, 0.5) is 0 Å². The van der Waals surface area contributed by atoms with Crippen LogP contribution in [0.25, 0.3) is 0 Å². The first-order valence-corrected chi connectivity index (χ1v) is 2.38. The average Bonchev–Trinajstić information content (AvgIpc) is 2.15. The van der Waals surface area contributed by atoms with E-state index in [2.05, 4.69) is 9.40 Å². The van der Waals surface area contributed by atoms with Crippen LogP contribution in [0.2, 0.25) is 0 Å². The van der Waals surface area contributed by atoms with Gasteiger partial charge < -0.3 is 9.52 Å². The highest BCUT2D eigenvalue weighted by molar-refractivity contribution is 5.69. The molecular weight excluding hydrogens is 122 g/mol. The molecule has 48 valence electrons. The molecule has 0 aliphatic rings. The largest absolute Gasteiger partial charge is 0.481 e. The van der Waals surface area contributed by atoms with Crippen LogP contribution in [0.3, 0.4) is 0 Å². The van der Waals surface area contributed by atoms with Gasteiger partial charge in [0.25, 0.3) is 0 Å². The minimum Gasteiger partial charge on any atom is -0.481 e. The molecule has 1 N–H and O–H groups in total. The number of carboxylic acids is 1. The van der Waals surface area contributed by atoms with E-state index in [0.717, 1.165) is 0 Å². The van der Waals surface area contributed by atoms with Crippen LogP contribution in [0.5, 0.6) is 0 Å². The van der Waals surface area contributed by atoms with Crippen LogP contribution in [-0.4, -0.2) is 16.1 Å². The van der Waals surface area contributed by atoms with Crippen molar-refractivity contribution in [2.24, 2.45) is 0 Å². The third-order valence-electron chi connectivity index (χ3n) is 0.816. The van der Waals surface area contributed by atoms with Gasteiger partial charge in [0, 0.05) is 0 Å². The maximum atomic E-state index is 9.98. The number of hydrogen-bond acceptors (Lipinski definition) is 3. The Labute approximate surface area is 51.1 Å². The Kier molecular flexibility index (Phi) is 1.48. The van der Waals surface area contributed by atoms with Crippen LogP contribution >= 0.6 is 0 Å². The van der Waals surface area contributed by atoms with Crippen molar-refractivity contribution in [3.8, 4) is 0 Å². The molecule has 1 aromatic heterocycles. The van der Waals surface area contributed by atoms with E-state index >= 15 is 0 Å². The third-order valence-corrected chi connectivity index (χ3v) is 0.816. The molecule has 0 fully saturated rings. The molecule has 1 rings (SSSR count). The van der Waals surface area contributed by atoms with Crippen molar-refractivity contribution in [3.05, 3.63) is 18.4 Å². The third kappa shape index (κ3) is 1.56. The van der Waals surface area contributed by atoms with Crippen molar-refractivity contribution < 1.29 is 14.3 Å². The normalized spacial score (nSPS) is 9.33. The second kappa shape index (κ2) is 2.30. The maximum Gasteiger partial charge on any atom is 0.309 e. The predicted octanol–water partition coefficient (Wildman–Crippen LogP) is 0.302. The molecular formula is C5H5NO3. The molecule has 0 amide bonds. The Morgan fingerprint density at radius 3 is 3.11 bits per heavy atom. The number of carbonyl (C=O) groups is 1. The number of aromatic nitrogens is 1. The van der Waals surface area contributed by atoms with Gasteiger partial charge in [0.15, 0.2) is 6.39 Å². The van der Waals surface area contributed by atoms with Crippen LogP contribution in [0.1, 0.15) is 5.69 Å². The van der Waals surface area contributed by atoms with E-state index in [1.807, 2.05) is 0 Å². The first kappa shape index (κ1) is 5.81. The molecule has 0 bridgehead atoms. The summed E-state index contributed by atoms with van der Waals surface area (Å²) in [6.07, 6.45) is 2.45. The van der Waals surface area contributed by atoms with Gasteiger partial charge in [-0.05, 0) is 0 Å². The van der Waals surface area contributed by atoms with Gasteiger partial charge in [-0.15, -0.1) is 0 Å². The smallest absolute Gasteiger partial charge is 0.309 e. The summed E-state index contributed by atoms with van der Waals surface area (Å²) < 4.78 is 4.54. The van der Waals surface area contributed by atoms with Crippen molar-refractivity contribution >= 4 is 5.97 Å². The fourth-order valence-corrected chi connectivity index (χ4v) is 0.480. The Morgan fingerprint density at radius 1 is 1.89 bits per heavy atom. The zero-order valence-corrected chi connectivity index (χ0v) is 4.57. The molecule has 0 saturated carbocycles. The van der Waals surface area contributed by atoms with Crippen molar-refractivity contribution in [1.82, 2.24) is 4.98 Å². The lowest BCUT2D eigenvalue weighted by molar-refractivity contribution is -0.136. The summed E-state index contributed by atoms with van der Waals surface area (Å²) in [6, 6.07) is 0. The van der Waals surface area contributed by atoms with Gasteiger partial charge in [0.05, 0.1) is 12.1 Å². The summed E-state index contributed by atoms with van der Waals surface area (Å²) in [5.41, 5.74) is 0.447. The average molecular weight is 127 g/mol. The first-order chi connectivity index (χ1) is 4.29. The molecule has 4 heteroatoms. The molecule has 4 nitrogen and oxygen atoms in total. The second-order valence-corrected chi connectivity index (χ2v) is 1.55. The van der Waals surface area contributed by atoms with Gasteiger partial charge in [-0.25, -0.2) is 4.98 Å². The maximum absolute atomic E-state index is 9.98. The van der Waals surface area contributed by atoms with Gasteiger partial charge >= 0.3 is 5.97 Å². The quantitative estimate of drug-likeness (QED) is 0.620. The minimum absolute atomic E-state index is 0.0729. The number of rotatable bonds is 2. The first-order valence-electron chi connectivity index (χ1n) is 2.38. The Morgan fingerprint density at radius 2 is 2.67 bits per heavy atom. The molecule has 0 saturated heterocycles. The zero-order chi connectivity index (χ0) is 6.69. The lowest BCUT2D eigenvalue weighted by Crippen LogP contribution is -1.99. The van der Waals surface area contributed by atoms with Gasteiger partial charge in [-0.3, -0.25) is 4.79 Å². The summed E-state index contributed by atoms with van der Waals surface area (Å²) in [4.78, 5) is 13.6. The number of oxazole rings is 1. The summed E-state index contributed by atoms with van der Waals surface area (Å²) in [5.74, 6) is -0.899. The van der Waals surface area contributed by atoms with Gasteiger partial charge in [0.2, 0.25) is 0 Å². The van der Waals surface area contributed by atoms with E-state index in [9.17, 15) is 4.79 Å². The van der Waals surface area contributed by atoms with E-state index in [4.69, 9.17) is 5.11 Å². The molecule has 0 radical (unpaired) electrons. The molecule has 1 aromatic rings. The summed E-state index contributed by atoms with van der Waals surface area (Å²) in [5, 5.41) is 8.20. The van der Waals surface area contributed by atoms with Crippen molar-refractivity contribution in [3.63, 3.8) is 0 Å². The van der Waals surface area contributed by atoms with Crippen LogP contribution in [0.15, 0.2) is 17.1 Å². The van der Waals surface area contributed by atoms with Crippen molar-refractivity contribution in [2.45, 2.75) is 6.42 Å². The standard InChI is InChI=1S/C5H5NO3/c7-5(8)1-4-2-9-3-6-4/h2-3H,1H2,(H,7,8). The zero-order valence-electron chi connectivity index (χ0n) is 4.57. The van der Waals surface area contributed by atoms with E-state index in [1.54, 1.807) is 0 Å². The fraction of sp³-hybridized carbons (Fsp3) is 0.200. The summed E-state index contributed by atoms with van der Waals surface area (Å²) in [7, 11) is 0. The van der Waals surface area contributed by atoms with E-state index in [0.29, 0.717) is 5.69 Å². The predicted molar refractivity (Wildman–Crippen MR) is 27.8 cm³/mol. The highest BCUT2D eigenvalue weighted by Gasteiger charge is 2.00. The van der Waals surface area contributed by atoms with Gasteiger partial charge in [-0.1, -0.05) is 0 Å². The van der Waals surface area contributed by atoms with Crippen LogP contribution < -0.4 is 0 Å². The lowest BCUT2D eigenvalue weighted by atomic mass is 10.3. The highest BCUT2D eigenvalue weighted by Crippen LogP contribution is 1.93. The SMILES string of the molecule is O=C(O)Cc1cocn1. The summed E-state index contributed by atoms with van der Waals surface area (Å²) >= 11 is 0. The Hall–Kier alpha value is -1.32. The van der Waals surface area contributed by atoms with Crippen molar-refractivity contribution in [1.29, 1.82) is 0 Å². The van der Waals surface area contributed by atoms with Gasteiger partial charge in [-0.2, -0.15) is 0 Å². The Balaban J connectivity index is 2.58. The molecule has 1 heterocycles. The fourth-order valence-electron chi connectivity index (χ4n) is 0.480. The molecule has 0 aliphatic heterocycles. The number of nitrogens with zero attached hydrogens (tertiary/aromatic N) is 1. The molecule has 0 atom stereocenters. The molecule has 0 unspecified atom stereocenters. The number of carboxylic acid groups (broad SMARTS) is 1. The minimum atomic E-state index is -0.899. The van der Waals surface area contributed by atoms with Crippen molar-refractivity contribution in [2.75, 3.05) is 0 Å². The van der Waals surface area contributed by atoms with Crippen LogP contribution in [-0.2, 0) is 11.2 Å². The highest BCUT2D eigenvalue weighted by atomic mass is 16.4. The van der Waals surface area contributed by atoms with Crippen LogP contribution in [0, 0.1) is 0 Å². The second-order valence-electron chi connectivity index (χ2n) is 1.55. The topological polar surface area (TPSA) is 63.3 Å². The Bertz CT molecular complexity index is 192. The molecule has 0 aliphatic carbocycles. The molecule has 0 spiro atoms. The van der Waals surface area contributed by atoms with Gasteiger partial charge in [0.1, 0.15) is 6.26 Å². The lowest BCUT2D eigenvalue weighted by Gasteiger charge is -1.82. The van der Waals surface area contributed by atoms with E-state index in [1.165, 1.54) is 12.7 Å².